The van der Waals surface area contributed by atoms with Gasteiger partial charge >= 0.3 is 7.12 Å². The number of hydrogen-bond donors (Lipinski definition) is 0. The Bertz CT molecular complexity index is 606. The lowest BCUT2D eigenvalue weighted by Gasteiger charge is -2.32. The van der Waals surface area contributed by atoms with Crippen molar-refractivity contribution in [2.45, 2.75) is 38.9 Å². The van der Waals surface area contributed by atoms with Crippen molar-refractivity contribution in [2.24, 2.45) is 0 Å². The molecule has 19 heavy (non-hydrogen) atoms. The van der Waals surface area contributed by atoms with E-state index in [-0.39, 0.29) is 18.3 Å². The van der Waals surface area contributed by atoms with Crippen LogP contribution in [0.5, 0.6) is 0 Å². The van der Waals surface area contributed by atoms with Gasteiger partial charge < -0.3 is 9.31 Å². The van der Waals surface area contributed by atoms with Crippen molar-refractivity contribution < 1.29 is 9.31 Å². The summed E-state index contributed by atoms with van der Waals surface area (Å²) in [7, 11) is -0.375. The highest BCUT2D eigenvalue weighted by atomic mass is 16.7. The third-order valence-electron chi connectivity index (χ3n) is 4.09. The van der Waals surface area contributed by atoms with Crippen molar-refractivity contribution in [1.82, 2.24) is 9.97 Å². The third-order valence-corrected chi connectivity index (χ3v) is 4.09. The Hall–Kier alpha value is -1.46. The zero-order chi connectivity index (χ0) is 13.7. The summed E-state index contributed by atoms with van der Waals surface area (Å²) in [6, 6.07) is 5.94. The topological polar surface area (TPSA) is 44.2 Å². The molecule has 0 unspecified atom stereocenters. The van der Waals surface area contributed by atoms with Gasteiger partial charge in [-0.1, -0.05) is 12.1 Å². The van der Waals surface area contributed by atoms with E-state index in [1.165, 1.54) is 0 Å². The van der Waals surface area contributed by atoms with Crippen LogP contribution in [0.3, 0.4) is 0 Å². The van der Waals surface area contributed by atoms with E-state index in [1.54, 1.807) is 6.33 Å². The minimum Gasteiger partial charge on any atom is -0.399 e. The van der Waals surface area contributed by atoms with Crippen LogP contribution < -0.4 is 5.46 Å². The highest BCUT2D eigenvalue weighted by Crippen LogP contribution is 2.36. The van der Waals surface area contributed by atoms with Crippen LogP contribution in [-0.2, 0) is 9.31 Å². The van der Waals surface area contributed by atoms with Gasteiger partial charge in [-0.25, -0.2) is 9.97 Å². The van der Waals surface area contributed by atoms with Crippen LogP contribution in [0, 0.1) is 0 Å². The molecule has 1 aromatic heterocycles. The predicted molar refractivity (Wildman–Crippen MR) is 75.3 cm³/mol. The van der Waals surface area contributed by atoms with Crippen LogP contribution in [0.2, 0.25) is 0 Å². The smallest absolute Gasteiger partial charge is 0.399 e. The Kier molecular flexibility index (Phi) is 2.66. The van der Waals surface area contributed by atoms with Gasteiger partial charge in [0.1, 0.15) is 6.33 Å². The summed E-state index contributed by atoms with van der Waals surface area (Å²) in [4.78, 5) is 8.36. The van der Waals surface area contributed by atoms with Gasteiger partial charge in [0.2, 0.25) is 0 Å². The normalized spacial score (nSPS) is 20.9. The molecule has 98 valence electrons. The van der Waals surface area contributed by atoms with Gasteiger partial charge in [0.15, 0.2) is 0 Å². The largest absolute Gasteiger partial charge is 0.495 e. The predicted octanol–water partition coefficient (Wildman–Crippen LogP) is 1.93. The first-order valence-electron chi connectivity index (χ1n) is 6.45. The molecule has 0 aliphatic carbocycles. The SMILES string of the molecule is CC1(C)OB(c2cccc3ncncc23)OC1(C)C. The average Bonchev–Trinajstić information content (AvgIpc) is 2.58. The lowest BCUT2D eigenvalue weighted by Crippen LogP contribution is -2.41. The fourth-order valence-corrected chi connectivity index (χ4v) is 2.20. The Morgan fingerprint density at radius 1 is 1.05 bits per heavy atom. The summed E-state index contributed by atoms with van der Waals surface area (Å²) < 4.78 is 12.2. The van der Waals surface area contributed by atoms with Crippen molar-refractivity contribution in [3.63, 3.8) is 0 Å². The molecule has 1 saturated heterocycles. The fourth-order valence-electron chi connectivity index (χ4n) is 2.20. The molecule has 1 fully saturated rings. The van der Waals surface area contributed by atoms with Crippen LogP contribution in [-0.4, -0.2) is 28.3 Å². The van der Waals surface area contributed by atoms with Gasteiger partial charge in [-0.3, -0.25) is 0 Å². The molecule has 1 aliphatic rings. The molecule has 0 bridgehead atoms. The molecule has 2 heterocycles. The van der Waals surface area contributed by atoms with Crippen LogP contribution in [0.1, 0.15) is 27.7 Å². The van der Waals surface area contributed by atoms with Gasteiger partial charge in [-0.2, -0.15) is 0 Å². The molecule has 1 aliphatic heterocycles. The first-order valence-corrected chi connectivity index (χ1v) is 6.45. The van der Waals surface area contributed by atoms with Crippen molar-refractivity contribution in [3.8, 4) is 0 Å². The van der Waals surface area contributed by atoms with E-state index in [2.05, 4.69) is 37.7 Å². The highest BCUT2D eigenvalue weighted by Gasteiger charge is 2.52. The molecule has 0 radical (unpaired) electrons. The molecule has 3 rings (SSSR count). The summed E-state index contributed by atoms with van der Waals surface area (Å²) in [6.07, 6.45) is 3.36. The Morgan fingerprint density at radius 2 is 1.74 bits per heavy atom. The van der Waals surface area contributed by atoms with Gasteiger partial charge in [-0.15, -0.1) is 0 Å². The highest BCUT2D eigenvalue weighted by molar-refractivity contribution is 6.65. The van der Waals surface area contributed by atoms with Crippen molar-refractivity contribution >= 4 is 23.5 Å². The van der Waals surface area contributed by atoms with E-state index in [0.717, 1.165) is 16.4 Å². The maximum absolute atomic E-state index is 6.08. The maximum atomic E-state index is 6.08. The first-order chi connectivity index (χ1) is 8.91. The minimum atomic E-state index is -0.375. The Labute approximate surface area is 113 Å². The van der Waals surface area contributed by atoms with E-state index >= 15 is 0 Å². The van der Waals surface area contributed by atoms with Crippen molar-refractivity contribution in [1.29, 1.82) is 0 Å². The van der Waals surface area contributed by atoms with Crippen molar-refractivity contribution in [2.75, 3.05) is 0 Å². The molecule has 0 amide bonds. The standard InChI is InChI=1S/C14H17BN2O2/c1-13(2)14(3,4)19-15(18-13)11-6-5-7-12-10(11)8-16-9-17-12/h5-9H,1-4H3. The molecule has 0 N–H and O–H groups in total. The molecular weight excluding hydrogens is 239 g/mol. The van der Waals surface area contributed by atoms with Crippen molar-refractivity contribution in [3.05, 3.63) is 30.7 Å². The summed E-state index contributed by atoms with van der Waals surface area (Å²) in [6.45, 7) is 8.20. The second kappa shape index (κ2) is 4.02. The summed E-state index contributed by atoms with van der Waals surface area (Å²) in [5.41, 5.74) is 1.21. The number of benzene rings is 1. The number of aromatic nitrogens is 2. The number of nitrogens with zero attached hydrogens (tertiary/aromatic N) is 2. The molecule has 0 atom stereocenters. The molecule has 0 saturated carbocycles. The van der Waals surface area contributed by atoms with Crippen LogP contribution in [0.4, 0.5) is 0 Å². The molecular formula is C14H17BN2O2. The van der Waals surface area contributed by atoms with E-state index in [1.807, 2.05) is 24.4 Å². The maximum Gasteiger partial charge on any atom is 0.495 e. The molecule has 5 heteroatoms. The average molecular weight is 256 g/mol. The summed E-state index contributed by atoms with van der Waals surface area (Å²) in [5.74, 6) is 0. The van der Waals surface area contributed by atoms with Gasteiger partial charge in [0.25, 0.3) is 0 Å². The third kappa shape index (κ3) is 1.93. The van der Waals surface area contributed by atoms with E-state index in [0.29, 0.717) is 0 Å². The van der Waals surface area contributed by atoms with Crippen LogP contribution >= 0.6 is 0 Å². The first kappa shape index (κ1) is 12.6. The van der Waals surface area contributed by atoms with Crippen LogP contribution in [0.15, 0.2) is 30.7 Å². The number of fused-ring (bicyclic) bond motifs is 1. The van der Waals surface area contributed by atoms with E-state index < -0.39 is 0 Å². The number of hydrogen-bond acceptors (Lipinski definition) is 4. The number of rotatable bonds is 1. The zero-order valence-corrected chi connectivity index (χ0v) is 11.7. The van der Waals surface area contributed by atoms with Gasteiger partial charge in [-0.05, 0) is 39.2 Å². The Morgan fingerprint density at radius 3 is 2.42 bits per heavy atom. The Balaban J connectivity index is 2.08. The van der Waals surface area contributed by atoms with Crippen LogP contribution in [0.25, 0.3) is 10.9 Å². The fraction of sp³-hybridized carbons (Fsp3) is 0.429. The van der Waals surface area contributed by atoms with E-state index in [4.69, 9.17) is 9.31 Å². The second-order valence-corrected chi connectivity index (χ2v) is 5.89. The lowest BCUT2D eigenvalue weighted by molar-refractivity contribution is 0.00578. The van der Waals surface area contributed by atoms with Gasteiger partial charge in [0, 0.05) is 11.6 Å². The quantitative estimate of drug-likeness (QED) is 0.731. The van der Waals surface area contributed by atoms with Gasteiger partial charge in [0.05, 0.1) is 16.7 Å². The molecule has 0 spiro atoms. The lowest BCUT2D eigenvalue weighted by atomic mass is 9.77. The zero-order valence-electron chi connectivity index (χ0n) is 11.7. The minimum absolute atomic E-state index is 0.338. The molecule has 1 aromatic carbocycles. The van der Waals surface area contributed by atoms with E-state index in [9.17, 15) is 0 Å². The monoisotopic (exact) mass is 256 g/mol. The summed E-state index contributed by atoms with van der Waals surface area (Å²) in [5, 5.41) is 0.975. The summed E-state index contributed by atoms with van der Waals surface area (Å²) >= 11 is 0. The second-order valence-electron chi connectivity index (χ2n) is 5.89. The molecule has 4 nitrogen and oxygen atoms in total. The molecule has 2 aromatic rings.